The second-order valence-electron chi connectivity index (χ2n) is 6.22. The molecule has 1 aliphatic rings. The highest BCUT2D eigenvalue weighted by molar-refractivity contribution is 5.89. The van der Waals surface area contributed by atoms with E-state index in [0.29, 0.717) is 5.56 Å². The van der Waals surface area contributed by atoms with E-state index in [1.807, 2.05) is 13.8 Å². The van der Waals surface area contributed by atoms with E-state index in [4.69, 9.17) is 4.74 Å². The lowest BCUT2D eigenvalue weighted by Crippen LogP contribution is -2.49. The summed E-state index contributed by atoms with van der Waals surface area (Å²) in [6.45, 7) is 3.73. The van der Waals surface area contributed by atoms with Crippen LogP contribution in [0.5, 0.6) is 0 Å². The first-order valence-electron chi connectivity index (χ1n) is 8.29. The van der Waals surface area contributed by atoms with Crippen LogP contribution in [0, 0.1) is 10.1 Å². The van der Waals surface area contributed by atoms with E-state index in [-0.39, 0.29) is 30.3 Å². The maximum atomic E-state index is 12.3. The van der Waals surface area contributed by atoms with Gasteiger partial charge in [-0.15, -0.1) is 0 Å². The molecule has 1 aromatic rings. The lowest BCUT2D eigenvalue weighted by molar-refractivity contribution is -0.384. The van der Waals surface area contributed by atoms with Crippen LogP contribution in [0.2, 0.25) is 0 Å². The molecule has 2 rings (SSSR count). The summed E-state index contributed by atoms with van der Waals surface area (Å²) in [6, 6.07) is 6.09. The number of nitrogens with zero attached hydrogens (tertiary/aromatic N) is 2. The third kappa shape index (κ3) is 5.14. The largest absolute Gasteiger partial charge is 0.452 e. The molecule has 1 heterocycles. The average Bonchev–Trinajstić information content (AvgIpc) is 2.58. The summed E-state index contributed by atoms with van der Waals surface area (Å²) in [6.07, 6.45) is 5.72. The number of piperidine rings is 1. The highest BCUT2D eigenvalue weighted by atomic mass is 16.6. The molecule has 0 radical (unpaired) electrons. The summed E-state index contributed by atoms with van der Waals surface area (Å²) in [4.78, 5) is 35.9. The quantitative estimate of drug-likeness (QED) is 0.354. The second-order valence-corrected chi connectivity index (χ2v) is 6.22. The molecule has 0 aliphatic carbocycles. The minimum absolute atomic E-state index is 0.0184. The molecule has 1 aromatic carbocycles. The van der Waals surface area contributed by atoms with Crippen molar-refractivity contribution in [2.75, 3.05) is 6.61 Å². The Kier molecular flexibility index (Phi) is 6.27. The zero-order valence-corrected chi connectivity index (χ0v) is 14.4. The number of benzene rings is 1. The number of non-ortho nitro benzene ring substituents is 1. The average molecular weight is 346 g/mol. The molecular weight excluding hydrogens is 324 g/mol. The van der Waals surface area contributed by atoms with Gasteiger partial charge >= 0.3 is 5.97 Å². The molecule has 0 aromatic heterocycles. The van der Waals surface area contributed by atoms with Crippen molar-refractivity contribution < 1.29 is 19.2 Å². The molecular formula is C18H22N2O5. The fraction of sp³-hybridized carbons (Fsp3) is 0.444. The summed E-state index contributed by atoms with van der Waals surface area (Å²) < 4.78 is 5.01. The van der Waals surface area contributed by atoms with Gasteiger partial charge in [-0.25, -0.2) is 4.79 Å². The number of likely N-dealkylation sites (tertiary alicyclic amines) is 1. The Morgan fingerprint density at radius 1 is 1.24 bits per heavy atom. The Morgan fingerprint density at radius 2 is 1.84 bits per heavy atom. The van der Waals surface area contributed by atoms with Gasteiger partial charge in [0.25, 0.3) is 11.6 Å². The third-order valence-corrected chi connectivity index (χ3v) is 4.34. The van der Waals surface area contributed by atoms with Crippen molar-refractivity contribution in [3.8, 4) is 0 Å². The monoisotopic (exact) mass is 346 g/mol. The molecule has 25 heavy (non-hydrogen) atoms. The van der Waals surface area contributed by atoms with Crippen molar-refractivity contribution >= 4 is 23.6 Å². The Balaban J connectivity index is 1.85. The fourth-order valence-electron chi connectivity index (χ4n) is 3.04. The normalized spacial score (nSPS) is 20.5. The SMILES string of the molecule is C[C@@H]1CCC[C@H](C)N1C(=O)COC(=O)/C=C/c1ccc([N+](=O)[O-])cc1. The van der Waals surface area contributed by atoms with Gasteiger partial charge in [0.05, 0.1) is 4.92 Å². The van der Waals surface area contributed by atoms with Crippen LogP contribution in [0.1, 0.15) is 38.7 Å². The van der Waals surface area contributed by atoms with Crippen molar-refractivity contribution in [2.24, 2.45) is 0 Å². The molecule has 7 nitrogen and oxygen atoms in total. The highest BCUT2D eigenvalue weighted by Crippen LogP contribution is 2.22. The van der Waals surface area contributed by atoms with Gasteiger partial charge in [0, 0.05) is 30.3 Å². The lowest BCUT2D eigenvalue weighted by atomic mass is 9.97. The number of hydrogen-bond donors (Lipinski definition) is 0. The van der Waals surface area contributed by atoms with E-state index < -0.39 is 10.9 Å². The van der Waals surface area contributed by atoms with Crippen LogP contribution < -0.4 is 0 Å². The van der Waals surface area contributed by atoms with Crippen molar-refractivity contribution in [2.45, 2.75) is 45.2 Å². The molecule has 0 unspecified atom stereocenters. The van der Waals surface area contributed by atoms with Crippen LogP contribution in [0.25, 0.3) is 6.08 Å². The van der Waals surface area contributed by atoms with E-state index in [9.17, 15) is 19.7 Å². The summed E-state index contributed by atoms with van der Waals surface area (Å²) in [5.41, 5.74) is 0.613. The molecule has 1 fully saturated rings. The van der Waals surface area contributed by atoms with Crippen LogP contribution in [0.15, 0.2) is 30.3 Å². The fourth-order valence-corrected chi connectivity index (χ4v) is 3.04. The van der Waals surface area contributed by atoms with E-state index in [0.717, 1.165) is 19.3 Å². The Labute approximate surface area is 146 Å². The van der Waals surface area contributed by atoms with E-state index in [1.54, 1.807) is 4.90 Å². The number of ether oxygens (including phenoxy) is 1. The molecule has 1 saturated heterocycles. The van der Waals surface area contributed by atoms with Crippen LogP contribution >= 0.6 is 0 Å². The number of nitro benzene ring substituents is 1. The number of carbonyl (C=O) groups is 2. The minimum atomic E-state index is -0.621. The summed E-state index contributed by atoms with van der Waals surface area (Å²) in [5, 5.41) is 10.6. The molecule has 7 heteroatoms. The number of esters is 1. The maximum Gasteiger partial charge on any atom is 0.331 e. The molecule has 2 atom stereocenters. The first kappa shape index (κ1) is 18.6. The summed E-state index contributed by atoms with van der Waals surface area (Å²) in [5.74, 6) is -0.805. The van der Waals surface area contributed by atoms with Crippen LogP contribution in [-0.4, -0.2) is 40.4 Å². The number of nitro groups is 1. The second kappa shape index (κ2) is 8.41. The van der Waals surface area contributed by atoms with Gasteiger partial charge in [-0.1, -0.05) is 0 Å². The number of carbonyl (C=O) groups excluding carboxylic acids is 2. The Morgan fingerprint density at radius 3 is 2.40 bits per heavy atom. The third-order valence-electron chi connectivity index (χ3n) is 4.34. The van der Waals surface area contributed by atoms with Gasteiger partial charge in [0.2, 0.25) is 0 Å². The first-order chi connectivity index (χ1) is 11.9. The molecule has 0 saturated carbocycles. The van der Waals surface area contributed by atoms with Gasteiger partial charge in [0.1, 0.15) is 0 Å². The van der Waals surface area contributed by atoms with Crippen molar-refractivity contribution in [1.82, 2.24) is 4.90 Å². The van der Waals surface area contributed by atoms with E-state index in [1.165, 1.54) is 36.4 Å². The Hall–Kier alpha value is -2.70. The minimum Gasteiger partial charge on any atom is -0.452 e. The van der Waals surface area contributed by atoms with Gasteiger partial charge < -0.3 is 9.64 Å². The zero-order chi connectivity index (χ0) is 18.4. The smallest absolute Gasteiger partial charge is 0.331 e. The van der Waals surface area contributed by atoms with Gasteiger partial charge in [-0.05, 0) is 56.9 Å². The Bertz CT molecular complexity index is 659. The first-order valence-corrected chi connectivity index (χ1v) is 8.29. The molecule has 1 aliphatic heterocycles. The molecule has 0 bridgehead atoms. The molecule has 0 N–H and O–H groups in total. The molecule has 0 spiro atoms. The topological polar surface area (TPSA) is 89.8 Å². The van der Waals surface area contributed by atoms with Crippen LogP contribution in [-0.2, 0) is 14.3 Å². The lowest BCUT2D eigenvalue weighted by Gasteiger charge is -2.38. The van der Waals surface area contributed by atoms with E-state index in [2.05, 4.69) is 0 Å². The number of amides is 1. The maximum absolute atomic E-state index is 12.3. The van der Waals surface area contributed by atoms with Crippen molar-refractivity contribution in [3.05, 3.63) is 46.0 Å². The zero-order valence-electron chi connectivity index (χ0n) is 14.4. The molecule has 1 amide bonds. The van der Waals surface area contributed by atoms with Gasteiger partial charge in [0.15, 0.2) is 6.61 Å². The predicted molar refractivity (Wildman–Crippen MR) is 92.7 cm³/mol. The van der Waals surface area contributed by atoms with Crippen molar-refractivity contribution in [3.63, 3.8) is 0 Å². The summed E-state index contributed by atoms with van der Waals surface area (Å²) in [7, 11) is 0. The standard InChI is InChI=1S/C18H22N2O5/c1-13-4-3-5-14(2)19(13)17(21)12-25-18(22)11-8-15-6-9-16(10-7-15)20(23)24/h6-11,13-14H,3-5,12H2,1-2H3/b11-8+/t13-,14+. The van der Waals surface area contributed by atoms with Crippen LogP contribution in [0.4, 0.5) is 5.69 Å². The van der Waals surface area contributed by atoms with Gasteiger partial charge in [-0.2, -0.15) is 0 Å². The van der Waals surface area contributed by atoms with Gasteiger partial charge in [-0.3, -0.25) is 14.9 Å². The van der Waals surface area contributed by atoms with Crippen molar-refractivity contribution in [1.29, 1.82) is 0 Å². The van der Waals surface area contributed by atoms with Crippen LogP contribution in [0.3, 0.4) is 0 Å². The van der Waals surface area contributed by atoms with E-state index >= 15 is 0 Å². The predicted octanol–water partition coefficient (Wildman–Crippen LogP) is 2.94. The molecule has 134 valence electrons. The summed E-state index contributed by atoms with van der Waals surface area (Å²) >= 11 is 0. The number of rotatable bonds is 5. The number of hydrogen-bond acceptors (Lipinski definition) is 5. The highest BCUT2D eigenvalue weighted by Gasteiger charge is 2.29.